The third kappa shape index (κ3) is 1.95. The van der Waals surface area contributed by atoms with Crippen molar-refractivity contribution in [2.75, 3.05) is 7.11 Å². The second kappa shape index (κ2) is 4.25. The van der Waals surface area contributed by atoms with Crippen LogP contribution in [0, 0.1) is 0 Å². The number of esters is 2. The molecule has 2 rings (SSSR count). The lowest BCUT2D eigenvalue weighted by atomic mass is 9.98. The molecule has 0 radical (unpaired) electrons. The van der Waals surface area contributed by atoms with Crippen molar-refractivity contribution in [2.24, 2.45) is 0 Å². The maximum atomic E-state index is 11.4. The average Bonchev–Trinajstić information content (AvgIpc) is 2.59. The van der Waals surface area contributed by atoms with E-state index in [9.17, 15) is 9.59 Å². The first-order chi connectivity index (χ1) is 7.61. The molecule has 1 aromatic carbocycles. The molecule has 1 unspecified atom stereocenters. The molecule has 1 heterocycles. The number of carbonyl (C=O) groups excluding carboxylic acids is 2. The van der Waals surface area contributed by atoms with E-state index in [1.165, 1.54) is 0 Å². The number of rotatable bonds is 2. The normalized spacial score (nSPS) is 19.8. The summed E-state index contributed by atoms with van der Waals surface area (Å²) in [5.74, 6) is -0.842. The van der Waals surface area contributed by atoms with Crippen LogP contribution in [0.25, 0.3) is 0 Å². The van der Waals surface area contributed by atoms with Crippen LogP contribution in [-0.4, -0.2) is 19.0 Å². The van der Waals surface area contributed by atoms with Gasteiger partial charge in [0.05, 0.1) is 23.9 Å². The summed E-state index contributed by atoms with van der Waals surface area (Å²) in [5, 5.41) is 0. The minimum Gasteiger partial charge on any atom is -0.496 e. The van der Waals surface area contributed by atoms with Gasteiger partial charge in [-0.2, -0.15) is 0 Å². The number of ether oxygens (including phenoxy) is 2. The summed E-state index contributed by atoms with van der Waals surface area (Å²) in [5.41, 5.74) is 0.732. The van der Waals surface area contributed by atoms with Crippen molar-refractivity contribution in [3.63, 3.8) is 0 Å². The molecule has 1 aliphatic heterocycles. The predicted octanol–water partition coefficient (Wildman–Crippen LogP) is 2.01. The topological polar surface area (TPSA) is 52.6 Å². The van der Waals surface area contributed by atoms with Gasteiger partial charge in [0.2, 0.25) is 0 Å². The minimum atomic E-state index is -0.505. The maximum absolute atomic E-state index is 11.4. The highest BCUT2D eigenvalue weighted by molar-refractivity contribution is 9.10. The van der Waals surface area contributed by atoms with Crippen molar-refractivity contribution in [3.8, 4) is 5.75 Å². The fourth-order valence-electron chi connectivity index (χ4n) is 1.62. The lowest BCUT2D eigenvalue weighted by Crippen LogP contribution is -2.05. The highest BCUT2D eigenvalue weighted by Gasteiger charge is 2.34. The number of hydrogen-bond donors (Lipinski definition) is 0. The van der Waals surface area contributed by atoms with Crippen molar-refractivity contribution in [1.29, 1.82) is 0 Å². The van der Waals surface area contributed by atoms with E-state index in [0.717, 1.165) is 10.0 Å². The number of carbonyl (C=O) groups is 2. The zero-order chi connectivity index (χ0) is 11.7. The third-order valence-corrected chi connectivity index (χ3v) is 3.10. The quantitative estimate of drug-likeness (QED) is 0.616. The molecule has 84 valence electrons. The lowest BCUT2D eigenvalue weighted by Gasteiger charge is -2.08. The Morgan fingerprint density at radius 3 is 2.75 bits per heavy atom. The minimum absolute atomic E-state index is 0.101. The van der Waals surface area contributed by atoms with Crippen molar-refractivity contribution >= 4 is 27.9 Å². The van der Waals surface area contributed by atoms with Crippen LogP contribution in [0.5, 0.6) is 5.75 Å². The number of benzene rings is 1. The molecule has 0 amide bonds. The molecule has 0 spiro atoms. The Bertz CT molecular complexity index is 455. The predicted molar refractivity (Wildman–Crippen MR) is 59.2 cm³/mol. The first-order valence-corrected chi connectivity index (χ1v) is 5.49. The fraction of sp³-hybridized carbons (Fsp3) is 0.273. The second-order valence-electron chi connectivity index (χ2n) is 3.44. The van der Waals surface area contributed by atoms with Crippen molar-refractivity contribution < 1.29 is 19.1 Å². The van der Waals surface area contributed by atoms with Gasteiger partial charge in [-0.25, -0.2) is 0 Å². The third-order valence-electron chi connectivity index (χ3n) is 2.45. The van der Waals surface area contributed by atoms with Crippen molar-refractivity contribution in [1.82, 2.24) is 0 Å². The first-order valence-electron chi connectivity index (χ1n) is 4.70. The van der Waals surface area contributed by atoms with Gasteiger partial charge in [-0.1, -0.05) is 6.07 Å². The molecule has 0 saturated carbocycles. The molecule has 1 atom stereocenters. The summed E-state index contributed by atoms with van der Waals surface area (Å²) in [7, 11) is 1.54. The molecule has 1 aliphatic rings. The highest BCUT2D eigenvalue weighted by atomic mass is 79.9. The summed E-state index contributed by atoms with van der Waals surface area (Å²) in [6.45, 7) is 0. The zero-order valence-electron chi connectivity index (χ0n) is 8.53. The van der Waals surface area contributed by atoms with Gasteiger partial charge in [0.15, 0.2) is 0 Å². The number of cyclic esters (lactones) is 2. The number of methoxy groups -OCH3 is 1. The van der Waals surface area contributed by atoms with Crippen LogP contribution in [0.4, 0.5) is 0 Å². The van der Waals surface area contributed by atoms with E-state index in [2.05, 4.69) is 20.7 Å². The Balaban J connectivity index is 2.34. The lowest BCUT2D eigenvalue weighted by molar-refractivity contribution is -0.152. The Morgan fingerprint density at radius 1 is 1.44 bits per heavy atom. The van der Waals surface area contributed by atoms with E-state index in [-0.39, 0.29) is 6.42 Å². The van der Waals surface area contributed by atoms with Crippen LogP contribution >= 0.6 is 15.9 Å². The molecule has 1 saturated heterocycles. The summed E-state index contributed by atoms with van der Waals surface area (Å²) >= 11 is 3.32. The van der Waals surface area contributed by atoms with E-state index in [1.54, 1.807) is 25.3 Å². The van der Waals surface area contributed by atoms with E-state index in [4.69, 9.17) is 4.74 Å². The summed E-state index contributed by atoms with van der Waals surface area (Å²) in [6, 6.07) is 5.29. The van der Waals surface area contributed by atoms with Gasteiger partial charge in [0.25, 0.3) is 0 Å². The first kappa shape index (κ1) is 11.1. The molecular weight excluding hydrogens is 276 g/mol. The molecular formula is C11H9BrO4. The number of hydrogen-bond acceptors (Lipinski definition) is 4. The highest BCUT2D eigenvalue weighted by Crippen LogP contribution is 2.33. The van der Waals surface area contributed by atoms with Gasteiger partial charge in [-0.05, 0) is 33.6 Å². The van der Waals surface area contributed by atoms with Crippen LogP contribution in [0.15, 0.2) is 22.7 Å². The number of halogens is 1. The maximum Gasteiger partial charge on any atom is 0.321 e. The molecule has 1 aromatic rings. The molecule has 16 heavy (non-hydrogen) atoms. The zero-order valence-corrected chi connectivity index (χ0v) is 10.1. The Hall–Kier alpha value is -1.36. The molecule has 0 aromatic heterocycles. The smallest absolute Gasteiger partial charge is 0.321 e. The van der Waals surface area contributed by atoms with E-state index in [1.807, 2.05) is 0 Å². The molecule has 1 fully saturated rings. The molecule has 5 heteroatoms. The molecule has 0 aliphatic carbocycles. The molecule has 0 bridgehead atoms. The van der Waals surface area contributed by atoms with Crippen molar-refractivity contribution in [3.05, 3.63) is 28.2 Å². The largest absolute Gasteiger partial charge is 0.496 e. The van der Waals surface area contributed by atoms with Gasteiger partial charge in [-0.3, -0.25) is 9.59 Å². The average molecular weight is 285 g/mol. The van der Waals surface area contributed by atoms with Gasteiger partial charge in [0.1, 0.15) is 5.75 Å². The van der Waals surface area contributed by atoms with Crippen molar-refractivity contribution in [2.45, 2.75) is 12.3 Å². The van der Waals surface area contributed by atoms with Gasteiger partial charge in [0, 0.05) is 0 Å². The fourth-order valence-corrected chi connectivity index (χ4v) is 2.03. The van der Waals surface area contributed by atoms with E-state index >= 15 is 0 Å². The van der Waals surface area contributed by atoms with Gasteiger partial charge < -0.3 is 9.47 Å². The van der Waals surface area contributed by atoms with Gasteiger partial charge in [-0.15, -0.1) is 0 Å². The second-order valence-corrected chi connectivity index (χ2v) is 4.30. The summed E-state index contributed by atoms with van der Waals surface area (Å²) in [6.07, 6.45) is 0.101. The van der Waals surface area contributed by atoms with E-state index < -0.39 is 17.9 Å². The molecule has 4 nitrogen and oxygen atoms in total. The Morgan fingerprint density at radius 2 is 2.19 bits per heavy atom. The van der Waals surface area contributed by atoms with E-state index in [0.29, 0.717) is 5.75 Å². The Labute approximate surface area is 101 Å². The SMILES string of the molecule is COc1cc(C2CC(=O)OC2=O)ccc1Br. The van der Waals surface area contributed by atoms with Crippen LogP contribution < -0.4 is 4.74 Å². The van der Waals surface area contributed by atoms with Crippen LogP contribution in [0.2, 0.25) is 0 Å². The summed E-state index contributed by atoms with van der Waals surface area (Å²) < 4.78 is 10.4. The van der Waals surface area contributed by atoms with Crippen LogP contribution in [-0.2, 0) is 14.3 Å². The monoisotopic (exact) mass is 284 g/mol. The summed E-state index contributed by atoms with van der Waals surface area (Å²) in [4.78, 5) is 22.3. The van der Waals surface area contributed by atoms with Gasteiger partial charge >= 0.3 is 11.9 Å². The standard InChI is InChI=1S/C11H9BrO4/c1-15-9-4-6(2-3-8(9)12)7-5-10(13)16-11(7)14/h2-4,7H,5H2,1H3. The van der Waals surface area contributed by atoms with Crippen LogP contribution in [0.3, 0.4) is 0 Å². The van der Waals surface area contributed by atoms with Crippen LogP contribution in [0.1, 0.15) is 17.9 Å². The molecule has 0 N–H and O–H groups in total. The Kier molecular flexibility index (Phi) is 2.96.